The quantitative estimate of drug-likeness (QED) is 0.836. The molecule has 0 fully saturated rings. The molecular weight excluding hydrogens is 347 g/mol. The van der Waals surface area contributed by atoms with Gasteiger partial charge in [-0.25, -0.2) is 4.98 Å². The zero-order valence-corrected chi connectivity index (χ0v) is 15.3. The third-order valence-corrected chi connectivity index (χ3v) is 4.98. The van der Waals surface area contributed by atoms with Crippen LogP contribution in [-0.4, -0.2) is 43.7 Å². The van der Waals surface area contributed by atoms with Gasteiger partial charge in [0.2, 0.25) is 0 Å². The lowest BCUT2D eigenvalue weighted by atomic mass is 9.98. The van der Waals surface area contributed by atoms with Gasteiger partial charge in [-0.15, -0.1) is 0 Å². The van der Waals surface area contributed by atoms with Crippen LogP contribution in [0, 0.1) is 19.8 Å². The molecule has 2 aromatic rings. The summed E-state index contributed by atoms with van der Waals surface area (Å²) in [7, 11) is 3.51. The molecule has 0 aromatic carbocycles. The van der Waals surface area contributed by atoms with E-state index in [-0.39, 0.29) is 11.8 Å². The molecule has 3 rings (SSSR count). The van der Waals surface area contributed by atoms with Crippen LogP contribution in [0.5, 0.6) is 0 Å². The number of hydrogen-bond donors (Lipinski definition) is 0. The molecule has 1 aliphatic rings. The molecule has 0 radical (unpaired) electrons. The average Bonchev–Trinajstić information content (AvgIpc) is 3.07. The fourth-order valence-electron chi connectivity index (χ4n) is 3.54. The van der Waals surface area contributed by atoms with Crippen molar-refractivity contribution in [1.82, 2.24) is 24.2 Å². The molecule has 3 heterocycles. The molecule has 6 nitrogen and oxygen atoms in total. The minimum atomic E-state index is -4.43. The number of nitrogens with zero attached hydrogens (tertiary/aromatic N) is 5. The summed E-state index contributed by atoms with van der Waals surface area (Å²) in [5, 5.41) is 4.27. The first-order chi connectivity index (χ1) is 12.1. The summed E-state index contributed by atoms with van der Waals surface area (Å²) in [6, 6.07) is 0. The number of rotatable bonds is 3. The second kappa shape index (κ2) is 6.44. The highest BCUT2D eigenvalue weighted by atomic mass is 19.4. The SMILES string of the molecule is Cc1nn(C)c(C)c1C(=O)N(C)C[C@H]1CCc2nc(C(F)(F)F)cn2C1. The summed E-state index contributed by atoms with van der Waals surface area (Å²) in [6.45, 7) is 4.55. The van der Waals surface area contributed by atoms with Crippen molar-refractivity contribution < 1.29 is 18.0 Å². The van der Waals surface area contributed by atoms with E-state index in [4.69, 9.17) is 0 Å². The van der Waals surface area contributed by atoms with Gasteiger partial charge in [-0.3, -0.25) is 9.48 Å². The van der Waals surface area contributed by atoms with Gasteiger partial charge in [0.25, 0.3) is 5.91 Å². The minimum Gasteiger partial charge on any atom is -0.341 e. The Kier molecular flexibility index (Phi) is 4.58. The highest BCUT2D eigenvalue weighted by molar-refractivity contribution is 5.96. The average molecular weight is 369 g/mol. The molecule has 0 spiro atoms. The van der Waals surface area contributed by atoms with Crippen molar-refractivity contribution in [1.29, 1.82) is 0 Å². The van der Waals surface area contributed by atoms with Crippen LogP contribution < -0.4 is 0 Å². The number of fused-ring (bicyclic) bond motifs is 1. The summed E-state index contributed by atoms with van der Waals surface area (Å²) < 4.78 is 41.7. The fraction of sp³-hybridized carbons (Fsp3) is 0.588. The van der Waals surface area contributed by atoms with Crippen molar-refractivity contribution in [2.45, 2.75) is 39.4 Å². The number of carbonyl (C=O) groups is 1. The van der Waals surface area contributed by atoms with E-state index in [1.807, 2.05) is 6.92 Å². The molecule has 0 saturated carbocycles. The van der Waals surface area contributed by atoms with Gasteiger partial charge in [-0.1, -0.05) is 0 Å². The molecule has 2 aromatic heterocycles. The normalized spacial score (nSPS) is 17.3. The zero-order chi connectivity index (χ0) is 19.2. The number of carbonyl (C=O) groups excluding carboxylic acids is 1. The third kappa shape index (κ3) is 3.34. The zero-order valence-electron chi connectivity index (χ0n) is 15.3. The molecule has 0 aliphatic carbocycles. The Morgan fingerprint density at radius 3 is 2.65 bits per heavy atom. The van der Waals surface area contributed by atoms with Gasteiger partial charge in [0.05, 0.1) is 11.3 Å². The van der Waals surface area contributed by atoms with E-state index >= 15 is 0 Å². The Morgan fingerprint density at radius 1 is 1.38 bits per heavy atom. The van der Waals surface area contributed by atoms with Crippen LogP contribution in [0.25, 0.3) is 0 Å². The largest absolute Gasteiger partial charge is 0.434 e. The van der Waals surface area contributed by atoms with Crippen molar-refractivity contribution in [3.8, 4) is 0 Å². The number of aryl methyl sites for hydroxylation is 3. The molecule has 9 heteroatoms. The maximum atomic E-state index is 12.8. The number of hydrogen-bond acceptors (Lipinski definition) is 3. The van der Waals surface area contributed by atoms with E-state index in [9.17, 15) is 18.0 Å². The van der Waals surface area contributed by atoms with Crippen LogP contribution in [0.15, 0.2) is 6.20 Å². The molecule has 1 aliphatic heterocycles. The Labute approximate surface area is 149 Å². The number of aromatic nitrogens is 4. The molecule has 142 valence electrons. The van der Waals surface area contributed by atoms with Crippen molar-refractivity contribution in [3.05, 3.63) is 34.7 Å². The first kappa shape index (κ1) is 18.5. The lowest BCUT2D eigenvalue weighted by Crippen LogP contribution is -2.35. The summed E-state index contributed by atoms with van der Waals surface area (Å²) in [6.07, 6.45) is -2.18. The molecule has 1 amide bonds. The van der Waals surface area contributed by atoms with Crippen molar-refractivity contribution >= 4 is 5.91 Å². The second-order valence-corrected chi connectivity index (χ2v) is 6.95. The van der Waals surface area contributed by atoms with Gasteiger partial charge in [-0.05, 0) is 26.2 Å². The number of amides is 1. The summed E-state index contributed by atoms with van der Waals surface area (Å²) in [5.74, 6) is 0.436. The van der Waals surface area contributed by atoms with Gasteiger partial charge in [0.1, 0.15) is 5.82 Å². The van der Waals surface area contributed by atoms with E-state index < -0.39 is 11.9 Å². The molecular formula is C17H22F3N5O. The maximum absolute atomic E-state index is 12.8. The van der Waals surface area contributed by atoms with E-state index in [1.165, 1.54) is 0 Å². The lowest BCUT2D eigenvalue weighted by molar-refractivity contribution is -0.141. The first-order valence-electron chi connectivity index (χ1n) is 8.46. The topological polar surface area (TPSA) is 56.0 Å². The smallest absolute Gasteiger partial charge is 0.341 e. The molecule has 0 N–H and O–H groups in total. The molecule has 1 atom stereocenters. The van der Waals surface area contributed by atoms with Crippen molar-refractivity contribution in [2.75, 3.05) is 13.6 Å². The van der Waals surface area contributed by atoms with Crippen LogP contribution in [0.2, 0.25) is 0 Å². The minimum absolute atomic E-state index is 0.0871. The Bertz CT molecular complexity index is 836. The van der Waals surface area contributed by atoms with E-state index in [0.717, 1.165) is 11.9 Å². The second-order valence-electron chi connectivity index (χ2n) is 6.95. The number of alkyl halides is 3. The van der Waals surface area contributed by atoms with E-state index in [1.54, 1.807) is 35.2 Å². The highest BCUT2D eigenvalue weighted by Crippen LogP contribution is 2.31. The Hall–Kier alpha value is -2.32. The van der Waals surface area contributed by atoms with Crippen LogP contribution in [-0.2, 0) is 26.2 Å². The number of imidazole rings is 1. The monoisotopic (exact) mass is 369 g/mol. The van der Waals surface area contributed by atoms with Crippen LogP contribution in [0.3, 0.4) is 0 Å². The lowest BCUT2D eigenvalue weighted by Gasteiger charge is -2.28. The van der Waals surface area contributed by atoms with Crippen LogP contribution in [0.1, 0.15) is 39.7 Å². The summed E-state index contributed by atoms with van der Waals surface area (Å²) in [5.41, 5.74) is 1.22. The molecule has 0 bridgehead atoms. The van der Waals surface area contributed by atoms with E-state index in [0.29, 0.717) is 43.0 Å². The Morgan fingerprint density at radius 2 is 2.08 bits per heavy atom. The summed E-state index contributed by atoms with van der Waals surface area (Å²) in [4.78, 5) is 18.1. The fourth-order valence-corrected chi connectivity index (χ4v) is 3.54. The predicted octanol–water partition coefficient (Wildman–Crippen LogP) is 2.59. The molecule has 0 saturated heterocycles. The van der Waals surface area contributed by atoms with E-state index in [2.05, 4.69) is 10.1 Å². The predicted molar refractivity (Wildman–Crippen MR) is 88.7 cm³/mol. The first-order valence-corrected chi connectivity index (χ1v) is 8.46. The van der Waals surface area contributed by atoms with Gasteiger partial charge >= 0.3 is 6.18 Å². The molecule has 0 unspecified atom stereocenters. The summed E-state index contributed by atoms with van der Waals surface area (Å²) >= 11 is 0. The van der Waals surface area contributed by atoms with Crippen molar-refractivity contribution in [2.24, 2.45) is 13.0 Å². The van der Waals surface area contributed by atoms with Gasteiger partial charge in [0.15, 0.2) is 5.69 Å². The standard InChI is InChI=1S/C17H22F3N5O/c1-10-15(11(2)24(4)22-10)16(26)23(3)7-12-5-6-14-21-13(17(18,19)20)9-25(14)8-12/h9,12H,5-8H2,1-4H3/t12-/m1/s1. The van der Waals surface area contributed by atoms with Crippen molar-refractivity contribution in [3.63, 3.8) is 0 Å². The Balaban J connectivity index is 1.70. The highest BCUT2D eigenvalue weighted by Gasteiger charge is 2.36. The van der Waals surface area contributed by atoms with Gasteiger partial charge < -0.3 is 9.47 Å². The number of halogens is 3. The molecule has 26 heavy (non-hydrogen) atoms. The van der Waals surface area contributed by atoms with Crippen LogP contribution >= 0.6 is 0 Å². The maximum Gasteiger partial charge on any atom is 0.434 e. The third-order valence-electron chi connectivity index (χ3n) is 4.98. The van der Waals surface area contributed by atoms with Gasteiger partial charge in [0, 0.05) is 45.5 Å². The van der Waals surface area contributed by atoms with Gasteiger partial charge in [-0.2, -0.15) is 18.3 Å². The van der Waals surface area contributed by atoms with Crippen LogP contribution in [0.4, 0.5) is 13.2 Å².